The predicted molar refractivity (Wildman–Crippen MR) is 136 cm³/mol. The van der Waals surface area contributed by atoms with Gasteiger partial charge >= 0.3 is 0 Å². The van der Waals surface area contributed by atoms with Gasteiger partial charge in [0.05, 0.1) is 11.0 Å². The first-order valence-electron chi connectivity index (χ1n) is 11.2. The smallest absolute Gasteiger partial charge is 0.0541 e. The van der Waals surface area contributed by atoms with Crippen LogP contribution in [0.1, 0.15) is 5.56 Å². The summed E-state index contributed by atoms with van der Waals surface area (Å²) in [6, 6.07) is 35.0. The van der Waals surface area contributed by atoms with E-state index in [1.165, 1.54) is 44.4 Å². The molecule has 0 unspecified atom stereocenters. The lowest BCUT2D eigenvalue weighted by molar-refractivity contribution is 1.07. The molecule has 6 rings (SSSR count). The Morgan fingerprint density at radius 3 is 2.03 bits per heavy atom. The lowest BCUT2D eigenvalue weighted by atomic mass is 10.1. The van der Waals surface area contributed by atoms with Crippen molar-refractivity contribution in [3.63, 3.8) is 0 Å². The molecule has 0 aliphatic carbocycles. The van der Waals surface area contributed by atoms with Crippen LogP contribution < -0.4 is 4.90 Å². The average Bonchev–Trinajstić information content (AvgIpc) is 3.23. The van der Waals surface area contributed by atoms with Crippen molar-refractivity contribution in [3.8, 4) is 5.69 Å². The molecule has 1 aliphatic heterocycles. The van der Waals surface area contributed by atoms with Crippen molar-refractivity contribution in [1.29, 1.82) is 0 Å². The van der Waals surface area contributed by atoms with Crippen LogP contribution in [0, 0.1) is 0 Å². The predicted octanol–water partition coefficient (Wildman–Crippen LogP) is 7.59. The summed E-state index contributed by atoms with van der Waals surface area (Å²) < 4.78 is 2.38. The van der Waals surface area contributed by atoms with Crippen molar-refractivity contribution in [2.24, 2.45) is 0 Å². The highest BCUT2D eigenvalue weighted by Crippen LogP contribution is 2.35. The first-order valence-corrected chi connectivity index (χ1v) is 11.2. The van der Waals surface area contributed by atoms with Gasteiger partial charge in [-0.2, -0.15) is 0 Å². The van der Waals surface area contributed by atoms with Crippen molar-refractivity contribution in [2.75, 3.05) is 11.4 Å². The third-order valence-corrected chi connectivity index (χ3v) is 6.27. The van der Waals surface area contributed by atoms with Gasteiger partial charge in [-0.05, 0) is 48.4 Å². The highest BCUT2D eigenvalue weighted by Gasteiger charge is 2.15. The van der Waals surface area contributed by atoms with Gasteiger partial charge in [0, 0.05) is 34.4 Å². The Morgan fingerprint density at radius 1 is 0.562 bits per heavy atom. The molecule has 0 fully saturated rings. The summed E-state index contributed by atoms with van der Waals surface area (Å²) >= 11 is 0. The second-order valence-electron chi connectivity index (χ2n) is 8.19. The SMILES string of the molecule is C1=C\Cc2ccccc2N(c2cccc(-n3c4ccccc4c4ccccc43)c2)C\C=C/1. The molecule has 4 aromatic carbocycles. The second kappa shape index (κ2) is 7.90. The maximum Gasteiger partial charge on any atom is 0.0541 e. The molecule has 2 nitrogen and oxygen atoms in total. The Morgan fingerprint density at radius 2 is 1.22 bits per heavy atom. The minimum atomic E-state index is 0.831. The van der Waals surface area contributed by atoms with Crippen molar-refractivity contribution in [2.45, 2.75) is 6.42 Å². The Labute approximate surface area is 188 Å². The number of hydrogen-bond acceptors (Lipinski definition) is 1. The van der Waals surface area contributed by atoms with Crippen LogP contribution in [0.3, 0.4) is 0 Å². The molecule has 0 radical (unpaired) electrons. The third kappa shape index (κ3) is 3.12. The number of rotatable bonds is 2. The highest BCUT2D eigenvalue weighted by atomic mass is 15.1. The highest BCUT2D eigenvalue weighted by molar-refractivity contribution is 6.09. The molecule has 0 bridgehead atoms. The number of anilines is 2. The molecule has 0 saturated heterocycles. The quantitative estimate of drug-likeness (QED) is 0.290. The van der Waals surface area contributed by atoms with E-state index in [-0.39, 0.29) is 0 Å². The van der Waals surface area contributed by atoms with Gasteiger partial charge in [-0.1, -0.05) is 85.0 Å². The van der Waals surface area contributed by atoms with Crippen LogP contribution in [0.5, 0.6) is 0 Å². The average molecular weight is 413 g/mol. The summed E-state index contributed by atoms with van der Waals surface area (Å²) in [6.07, 6.45) is 9.69. The molecule has 154 valence electrons. The van der Waals surface area contributed by atoms with Gasteiger partial charge < -0.3 is 9.47 Å². The van der Waals surface area contributed by atoms with E-state index in [1.54, 1.807) is 0 Å². The summed E-state index contributed by atoms with van der Waals surface area (Å²) in [5.74, 6) is 0. The lowest BCUT2D eigenvalue weighted by Gasteiger charge is -2.26. The molecule has 1 aliphatic rings. The molecule has 32 heavy (non-hydrogen) atoms. The normalized spacial score (nSPS) is 15.7. The fourth-order valence-corrected chi connectivity index (χ4v) is 4.81. The van der Waals surface area contributed by atoms with Crippen LogP contribution in [0.15, 0.2) is 121 Å². The molecular formula is C30H24N2. The number of benzene rings is 4. The second-order valence-corrected chi connectivity index (χ2v) is 8.19. The van der Waals surface area contributed by atoms with Crippen LogP contribution in [0.25, 0.3) is 27.5 Å². The topological polar surface area (TPSA) is 8.17 Å². The molecule has 0 amide bonds. The molecule has 2 heteroatoms. The van der Waals surface area contributed by atoms with E-state index < -0.39 is 0 Å². The van der Waals surface area contributed by atoms with Gasteiger partial charge in [-0.3, -0.25) is 0 Å². The third-order valence-electron chi connectivity index (χ3n) is 6.27. The van der Waals surface area contributed by atoms with Crippen LogP contribution in [0.2, 0.25) is 0 Å². The van der Waals surface area contributed by atoms with Crippen LogP contribution in [-0.2, 0) is 6.42 Å². The van der Waals surface area contributed by atoms with Crippen molar-refractivity contribution < 1.29 is 0 Å². The van der Waals surface area contributed by atoms with Gasteiger partial charge in [-0.25, -0.2) is 0 Å². The summed E-state index contributed by atoms with van der Waals surface area (Å²) in [5.41, 5.74) is 7.46. The molecule has 0 saturated carbocycles. The van der Waals surface area contributed by atoms with Gasteiger partial charge in [0.2, 0.25) is 0 Å². The Balaban J connectivity index is 1.55. The maximum atomic E-state index is 2.41. The van der Waals surface area contributed by atoms with Crippen LogP contribution in [0.4, 0.5) is 11.4 Å². The summed E-state index contributed by atoms with van der Waals surface area (Å²) in [5, 5.41) is 2.58. The van der Waals surface area contributed by atoms with Crippen molar-refractivity contribution >= 4 is 33.2 Å². The standard InChI is InChI=1S/C30H24N2/c1-2-10-21-31(28-18-7-4-13-23(28)12-3-1)24-14-11-15-25(22-24)32-29-19-8-5-16-26(29)27-17-6-9-20-30(27)32/h1-11,13-20,22H,12,21H2/b3-1-,10-2-. The fraction of sp³-hybridized carbons (Fsp3) is 0.0667. The van der Waals surface area contributed by atoms with E-state index in [2.05, 4.69) is 131 Å². The molecule has 0 N–H and O–H groups in total. The summed E-state index contributed by atoms with van der Waals surface area (Å²) in [4.78, 5) is 2.41. The zero-order chi connectivity index (χ0) is 21.3. The Bertz CT molecular complexity index is 1430. The van der Waals surface area contributed by atoms with Crippen LogP contribution >= 0.6 is 0 Å². The number of allylic oxidation sites excluding steroid dienone is 3. The van der Waals surface area contributed by atoms with Gasteiger partial charge in [0.1, 0.15) is 0 Å². The van der Waals surface area contributed by atoms with E-state index in [9.17, 15) is 0 Å². The summed E-state index contributed by atoms with van der Waals surface area (Å²) in [7, 11) is 0. The minimum Gasteiger partial charge on any atom is -0.337 e. The lowest BCUT2D eigenvalue weighted by Crippen LogP contribution is -2.18. The van der Waals surface area contributed by atoms with E-state index in [4.69, 9.17) is 0 Å². The monoisotopic (exact) mass is 412 g/mol. The number of hydrogen-bond donors (Lipinski definition) is 0. The first-order chi connectivity index (χ1) is 15.9. The molecule has 0 atom stereocenters. The number of nitrogens with zero attached hydrogens (tertiary/aromatic N) is 2. The van der Waals surface area contributed by atoms with E-state index in [0.29, 0.717) is 0 Å². The van der Waals surface area contributed by atoms with Gasteiger partial charge in [-0.15, -0.1) is 0 Å². The molecule has 0 spiro atoms. The van der Waals surface area contributed by atoms with E-state index >= 15 is 0 Å². The molecule has 5 aromatic rings. The number of aromatic nitrogens is 1. The fourth-order valence-electron chi connectivity index (χ4n) is 4.81. The van der Waals surface area contributed by atoms with Crippen molar-refractivity contribution in [3.05, 3.63) is 127 Å². The Hall–Kier alpha value is -4.04. The number of fused-ring (bicyclic) bond motifs is 4. The maximum absolute atomic E-state index is 2.41. The molecule has 2 heterocycles. The zero-order valence-corrected chi connectivity index (χ0v) is 17.9. The zero-order valence-electron chi connectivity index (χ0n) is 17.9. The molecule has 1 aromatic heterocycles. The number of para-hydroxylation sites is 3. The molecular weight excluding hydrogens is 388 g/mol. The van der Waals surface area contributed by atoms with Gasteiger partial charge in [0.25, 0.3) is 0 Å². The largest absolute Gasteiger partial charge is 0.337 e. The van der Waals surface area contributed by atoms with E-state index in [1.807, 2.05) is 0 Å². The first kappa shape index (κ1) is 18.7. The van der Waals surface area contributed by atoms with Gasteiger partial charge in [0.15, 0.2) is 0 Å². The van der Waals surface area contributed by atoms with Crippen LogP contribution in [-0.4, -0.2) is 11.1 Å². The van der Waals surface area contributed by atoms with E-state index in [0.717, 1.165) is 13.0 Å². The van der Waals surface area contributed by atoms with Crippen molar-refractivity contribution in [1.82, 2.24) is 4.57 Å². The minimum absolute atomic E-state index is 0.831. The Kier molecular flexibility index (Phi) is 4.62. The summed E-state index contributed by atoms with van der Waals surface area (Å²) in [6.45, 7) is 0.831.